The molecule has 1 heterocycles. The molecule has 0 radical (unpaired) electrons. The molecule has 0 spiro atoms. The van der Waals surface area contributed by atoms with Crippen LogP contribution in [0, 0.1) is 0 Å². The predicted molar refractivity (Wildman–Crippen MR) is 61.7 cm³/mol. The minimum Gasteiger partial charge on any atom is -0.493 e. The summed E-state index contributed by atoms with van der Waals surface area (Å²) in [6.07, 6.45) is 1.47. The number of ketones is 1. The van der Waals surface area contributed by atoms with Crippen molar-refractivity contribution in [2.45, 2.75) is 0 Å². The van der Waals surface area contributed by atoms with Crippen molar-refractivity contribution in [3.63, 3.8) is 0 Å². The Morgan fingerprint density at radius 3 is 2.47 bits per heavy atom. The fourth-order valence-corrected chi connectivity index (χ4v) is 1.53. The molecule has 17 heavy (non-hydrogen) atoms. The molecule has 0 saturated carbocycles. The first-order valence-corrected chi connectivity index (χ1v) is 5.06. The Morgan fingerprint density at radius 1 is 1.12 bits per heavy atom. The van der Waals surface area contributed by atoms with E-state index in [2.05, 4.69) is 0 Å². The molecule has 0 saturated heterocycles. The van der Waals surface area contributed by atoms with Crippen LogP contribution in [0.15, 0.2) is 41.0 Å². The minimum absolute atomic E-state index is 0.184. The van der Waals surface area contributed by atoms with Crippen molar-refractivity contribution in [1.82, 2.24) is 0 Å². The third-order valence-corrected chi connectivity index (χ3v) is 2.39. The van der Waals surface area contributed by atoms with Crippen LogP contribution in [-0.2, 0) is 0 Å². The number of benzene rings is 1. The number of ether oxygens (including phenoxy) is 2. The Bertz CT molecular complexity index is 514. The molecule has 2 rings (SSSR count). The van der Waals surface area contributed by atoms with E-state index in [9.17, 15) is 4.79 Å². The fraction of sp³-hybridized carbons (Fsp3) is 0.154. The Kier molecular flexibility index (Phi) is 3.14. The first kappa shape index (κ1) is 11.3. The standard InChI is InChI=1S/C13H12O4/c1-15-10-6-5-9(8-12(10)16-2)13(14)11-4-3-7-17-11/h3-8H,1-2H3. The van der Waals surface area contributed by atoms with E-state index in [1.807, 2.05) is 0 Å². The van der Waals surface area contributed by atoms with Crippen molar-refractivity contribution < 1.29 is 18.7 Å². The van der Waals surface area contributed by atoms with Gasteiger partial charge in [-0.15, -0.1) is 0 Å². The third-order valence-electron chi connectivity index (χ3n) is 2.39. The summed E-state index contributed by atoms with van der Waals surface area (Å²) in [7, 11) is 3.07. The lowest BCUT2D eigenvalue weighted by atomic mass is 10.1. The molecule has 1 aromatic carbocycles. The first-order chi connectivity index (χ1) is 8.26. The predicted octanol–water partition coefficient (Wildman–Crippen LogP) is 2.53. The Hall–Kier alpha value is -2.23. The second kappa shape index (κ2) is 4.74. The van der Waals surface area contributed by atoms with Crippen LogP contribution >= 0.6 is 0 Å². The summed E-state index contributed by atoms with van der Waals surface area (Å²) in [5, 5.41) is 0. The van der Waals surface area contributed by atoms with Crippen molar-refractivity contribution in [3.8, 4) is 11.5 Å². The summed E-state index contributed by atoms with van der Waals surface area (Å²) in [6, 6.07) is 8.29. The SMILES string of the molecule is COc1ccc(C(=O)c2ccco2)cc1OC. The second-order valence-corrected chi connectivity index (χ2v) is 3.38. The van der Waals surface area contributed by atoms with E-state index >= 15 is 0 Å². The number of hydrogen-bond acceptors (Lipinski definition) is 4. The zero-order chi connectivity index (χ0) is 12.3. The van der Waals surface area contributed by atoms with E-state index in [0.717, 1.165) is 0 Å². The van der Waals surface area contributed by atoms with Gasteiger partial charge in [-0.3, -0.25) is 4.79 Å². The molecule has 1 aromatic heterocycles. The van der Waals surface area contributed by atoms with Crippen molar-refractivity contribution in [3.05, 3.63) is 47.9 Å². The lowest BCUT2D eigenvalue weighted by molar-refractivity contribution is 0.101. The van der Waals surface area contributed by atoms with Crippen molar-refractivity contribution in [1.29, 1.82) is 0 Å². The molecular formula is C13H12O4. The highest BCUT2D eigenvalue weighted by atomic mass is 16.5. The lowest BCUT2D eigenvalue weighted by Gasteiger charge is -2.08. The molecule has 0 aliphatic rings. The van der Waals surface area contributed by atoms with Crippen LogP contribution in [0.1, 0.15) is 16.1 Å². The molecule has 0 aliphatic carbocycles. The highest BCUT2D eigenvalue weighted by Crippen LogP contribution is 2.28. The monoisotopic (exact) mass is 232 g/mol. The van der Waals surface area contributed by atoms with Crippen molar-refractivity contribution >= 4 is 5.78 Å². The molecule has 88 valence electrons. The Labute approximate surface area is 98.8 Å². The van der Waals surface area contributed by atoms with Gasteiger partial charge < -0.3 is 13.9 Å². The van der Waals surface area contributed by atoms with Crippen molar-refractivity contribution in [2.24, 2.45) is 0 Å². The number of methoxy groups -OCH3 is 2. The van der Waals surface area contributed by atoms with Gasteiger partial charge in [-0.25, -0.2) is 0 Å². The van der Waals surface area contributed by atoms with Crippen LogP contribution in [0.5, 0.6) is 11.5 Å². The van der Waals surface area contributed by atoms with Crippen LogP contribution in [0.3, 0.4) is 0 Å². The van der Waals surface area contributed by atoms with Crippen LogP contribution in [0.2, 0.25) is 0 Å². The average molecular weight is 232 g/mol. The highest BCUT2D eigenvalue weighted by Gasteiger charge is 2.14. The van der Waals surface area contributed by atoms with Gasteiger partial charge in [-0.05, 0) is 30.3 Å². The fourth-order valence-electron chi connectivity index (χ4n) is 1.53. The van der Waals surface area contributed by atoms with Gasteiger partial charge in [0.05, 0.1) is 20.5 Å². The topological polar surface area (TPSA) is 48.7 Å². The summed E-state index contributed by atoms with van der Waals surface area (Å²) in [4.78, 5) is 12.0. The van der Waals surface area contributed by atoms with E-state index < -0.39 is 0 Å². The van der Waals surface area contributed by atoms with Crippen LogP contribution in [-0.4, -0.2) is 20.0 Å². The van der Waals surface area contributed by atoms with E-state index in [1.54, 1.807) is 37.4 Å². The number of furan rings is 1. The number of carbonyl (C=O) groups excluding carboxylic acids is 1. The number of carbonyl (C=O) groups is 1. The summed E-state index contributed by atoms with van der Waals surface area (Å²) in [5.41, 5.74) is 0.498. The van der Waals surface area contributed by atoms with E-state index in [4.69, 9.17) is 13.9 Å². The zero-order valence-electron chi connectivity index (χ0n) is 9.60. The summed E-state index contributed by atoms with van der Waals surface area (Å²) < 4.78 is 15.3. The van der Waals surface area contributed by atoms with E-state index in [-0.39, 0.29) is 5.78 Å². The Morgan fingerprint density at radius 2 is 1.88 bits per heavy atom. The third kappa shape index (κ3) is 2.15. The molecule has 4 heteroatoms. The number of hydrogen-bond donors (Lipinski definition) is 0. The molecular weight excluding hydrogens is 220 g/mol. The molecule has 0 aliphatic heterocycles. The minimum atomic E-state index is -0.184. The van der Waals surface area contributed by atoms with Gasteiger partial charge in [0.25, 0.3) is 0 Å². The maximum atomic E-state index is 12.0. The van der Waals surface area contributed by atoms with Gasteiger partial charge in [-0.1, -0.05) is 0 Å². The van der Waals surface area contributed by atoms with Crippen molar-refractivity contribution in [2.75, 3.05) is 14.2 Å². The molecule has 0 bridgehead atoms. The summed E-state index contributed by atoms with van der Waals surface area (Å²) in [6.45, 7) is 0. The lowest BCUT2D eigenvalue weighted by Crippen LogP contribution is -2.01. The first-order valence-electron chi connectivity index (χ1n) is 5.06. The van der Waals surface area contributed by atoms with Gasteiger partial charge >= 0.3 is 0 Å². The quantitative estimate of drug-likeness (QED) is 0.760. The Balaban J connectivity index is 2.37. The van der Waals surface area contributed by atoms with E-state index in [0.29, 0.717) is 22.8 Å². The molecule has 0 fully saturated rings. The maximum absolute atomic E-state index is 12.0. The van der Waals surface area contributed by atoms with Gasteiger partial charge in [0.2, 0.25) is 5.78 Å². The van der Waals surface area contributed by atoms with Crippen LogP contribution < -0.4 is 9.47 Å². The average Bonchev–Trinajstić information content (AvgIpc) is 2.90. The van der Waals surface area contributed by atoms with Gasteiger partial charge in [-0.2, -0.15) is 0 Å². The molecule has 4 nitrogen and oxygen atoms in total. The molecule has 0 N–H and O–H groups in total. The van der Waals surface area contributed by atoms with E-state index in [1.165, 1.54) is 13.4 Å². The zero-order valence-corrected chi connectivity index (χ0v) is 9.60. The van der Waals surface area contributed by atoms with Crippen LogP contribution in [0.4, 0.5) is 0 Å². The highest BCUT2D eigenvalue weighted by molar-refractivity contribution is 6.07. The largest absolute Gasteiger partial charge is 0.493 e. The number of rotatable bonds is 4. The van der Waals surface area contributed by atoms with Gasteiger partial charge in [0.1, 0.15) is 0 Å². The summed E-state index contributed by atoms with van der Waals surface area (Å²) >= 11 is 0. The second-order valence-electron chi connectivity index (χ2n) is 3.38. The van der Waals surface area contributed by atoms with Gasteiger partial charge in [0.15, 0.2) is 17.3 Å². The normalized spacial score (nSPS) is 10.0. The molecule has 0 unspecified atom stereocenters. The molecule has 2 aromatic rings. The molecule has 0 amide bonds. The smallest absolute Gasteiger partial charge is 0.228 e. The van der Waals surface area contributed by atoms with Crippen LogP contribution in [0.25, 0.3) is 0 Å². The van der Waals surface area contributed by atoms with Gasteiger partial charge in [0, 0.05) is 5.56 Å². The summed E-state index contributed by atoms with van der Waals surface area (Å²) in [5.74, 6) is 1.22. The maximum Gasteiger partial charge on any atom is 0.228 e. The molecule has 0 atom stereocenters.